The van der Waals surface area contributed by atoms with E-state index < -0.39 is 23.5 Å². The van der Waals surface area contributed by atoms with Crippen LogP contribution in [0.5, 0.6) is 5.75 Å². The molecule has 1 aromatic heterocycles. The number of ether oxygens (including phenoxy) is 3. The number of thiazole rings is 1. The fourth-order valence-electron chi connectivity index (χ4n) is 5.61. The van der Waals surface area contributed by atoms with Crippen molar-refractivity contribution >= 4 is 44.6 Å². The Morgan fingerprint density at radius 1 is 1.23 bits per heavy atom. The first-order valence-electron chi connectivity index (χ1n) is 11.8. The number of fused-ring (bicyclic) bond motifs is 2. The summed E-state index contributed by atoms with van der Waals surface area (Å²) in [5, 5.41) is 0.594. The predicted octanol–water partition coefficient (Wildman–Crippen LogP) is 1.89. The molecule has 4 atom stereocenters. The normalized spacial score (nSPS) is 29.3. The maximum atomic E-state index is 13.7. The van der Waals surface area contributed by atoms with Crippen molar-refractivity contribution in [2.75, 3.05) is 51.3 Å². The summed E-state index contributed by atoms with van der Waals surface area (Å²) in [4.78, 5) is 49.0. The van der Waals surface area contributed by atoms with Crippen molar-refractivity contribution < 1.29 is 28.6 Å². The van der Waals surface area contributed by atoms with Crippen molar-refractivity contribution in [2.45, 2.75) is 18.6 Å². The molecule has 4 aliphatic rings. The largest absolute Gasteiger partial charge is 0.497 e. The molecule has 1 spiro atoms. The monoisotopic (exact) mass is 498 g/mol. The lowest BCUT2D eigenvalue weighted by Crippen LogP contribution is -2.54. The van der Waals surface area contributed by atoms with Gasteiger partial charge in [0.1, 0.15) is 11.4 Å². The van der Waals surface area contributed by atoms with Crippen LogP contribution in [-0.4, -0.2) is 90.8 Å². The van der Waals surface area contributed by atoms with Crippen molar-refractivity contribution in [1.82, 2.24) is 14.8 Å². The summed E-state index contributed by atoms with van der Waals surface area (Å²) < 4.78 is 17.6. The van der Waals surface area contributed by atoms with Gasteiger partial charge in [0.05, 0.1) is 48.4 Å². The smallest absolute Gasteiger partial charge is 0.409 e. The lowest BCUT2D eigenvalue weighted by Gasteiger charge is -2.36. The van der Waals surface area contributed by atoms with Crippen molar-refractivity contribution in [3.63, 3.8) is 0 Å². The van der Waals surface area contributed by atoms with Crippen LogP contribution in [0.3, 0.4) is 0 Å². The Hall–Kier alpha value is -3.18. The van der Waals surface area contributed by atoms with Crippen molar-refractivity contribution in [1.29, 1.82) is 0 Å². The Bertz CT molecular complexity index is 1240. The Kier molecular flexibility index (Phi) is 5.22. The Labute approximate surface area is 206 Å². The molecule has 3 saturated heterocycles. The standard InChI is InChI=1S/C24H26N4O6S/c1-3-33-23(31)27-10-8-26(9-11-27)20(29)18-16-6-7-24(34-16)13-28(21(30)19(18)24)22-25-15-12-14(32-2)4-5-17(15)35-22/h4-7,12,16,18-19H,3,8-11,13H2,1-2H3/t16-,18-,19-,24-/m0/s1. The highest BCUT2D eigenvalue weighted by Gasteiger charge is 2.67. The number of carbonyl (C=O) groups is 3. The van der Waals surface area contributed by atoms with Gasteiger partial charge in [-0.1, -0.05) is 23.5 Å². The Morgan fingerprint density at radius 3 is 2.74 bits per heavy atom. The van der Waals surface area contributed by atoms with Crippen molar-refractivity contribution in [3.8, 4) is 5.75 Å². The van der Waals surface area contributed by atoms with Gasteiger partial charge in [0.25, 0.3) is 0 Å². The SMILES string of the molecule is CCOC(=O)N1CCN(C(=O)[C@H]2[C@@H]3C=C[C@@]4(CN(c5nc6cc(OC)ccc6s5)C(=O)[C@H]24)O3)CC1. The number of rotatable bonds is 4. The minimum Gasteiger partial charge on any atom is -0.497 e. The van der Waals surface area contributed by atoms with Gasteiger partial charge in [-0.15, -0.1) is 0 Å². The summed E-state index contributed by atoms with van der Waals surface area (Å²) in [6.45, 7) is 4.04. The predicted molar refractivity (Wildman–Crippen MR) is 127 cm³/mol. The average molecular weight is 499 g/mol. The third-order valence-corrected chi connectivity index (χ3v) is 8.38. The summed E-state index contributed by atoms with van der Waals surface area (Å²) in [5.41, 5.74) is -0.0516. The molecule has 5 heterocycles. The van der Waals surface area contributed by atoms with Gasteiger partial charge >= 0.3 is 6.09 Å². The van der Waals surface area contributed by atoms with E-state index in [4.69, 9.17) is 14.2 Å². The van der Waals surface area contributed by atoms with E-state index in [1.807, 2.05) is 30.4 Å². The van der Waals surface area contributed by atoms with Crippen molar-refractivity contribution in [2.24, 2.45) is 11.8 Å². The second-order valence-electron chi connectivity index (χ2n) is 9.17. The molecule has 0 aliphatic carbocycles. The maximum Gasteiger partial charge on any atom is 0.409 e. The van der Waals surface area contributed by atoms with Crippen LogP contribution in [0, 0.1) is 11.8 Å². The number of methoxy groups -OCH3 is 1. The van der Waals surface area contributed by atoms with Gasteiger partial charge in [0, 0.05) is 32.2 Å². The molecule has 1 aromatic carbocycles. The average Bonchev–Trinajstić information content (AvgIpc) is 3.62. The zero-order valence-electron chi connectivity index (χ0n) is 19.5. The first kappa shape index (κ1) is 22.3. The fraction of sp³-hybridized carbons (Fsp3) is 0.500. The van der Waals surface area contributed by atoms with Crippen LogP contribution in [0.25, 0.3) is 10.2 Å². The molecule has 0 unspecified atom stereocenters. The van der Waals surface area contributed by atoms with Crippen LogP contribution in [0.2, 0.25) is 0 Å². The van der Waals surface area contributed by atoms with E-state index in [2.05, 4.69) is 4.98 Å². The second-order valence-corrected chi connectivity index (χ2v) is 10.2. The van der Waals surface area contributed by atoms with Crippen LogP contribution >= 0.6 is 11.3 Å². The summed E-state index contributed by atoms with van der Waals surface area (Å²) >= 11 is 1.44. The van der Waals surface area contributed by atoms with Crippen LogP contribution < -0.4 is 9.64 Å². The molecule has 10 nitrogen and oxygen atoms in total. The van der Waals surface area contributed by atoms with Gasteiger partial charge in [0.15, 0.2) is 5.13 Å². The van der Waals surface area contributed by atoms with Crippen LogP contribution in [0.15, 0.2) is 30.4 Å². The molecule has 0 radical (unpaired) electrons. The first-order chi connectivity index (χ1) is 16.9. The number of hydrogen-bond acceptors (Lipinski definition) is 8. The molecule has 6 rings (SSSR count). The molecular formula is C24H26N4O6S. The van der Waals surface area contributed by atoms with E-state index in [-0.39, 0.29) is 17.9 Å². The van der Waals surface area contributed by atoms with E-state index >= 15 is 0 Å². The number of benzene rings is 1. The number of aromatic nitrogens is 1. The minimum atomic E-state index is -0.815. The Morgan fingerprint density at radius 2 is 2.00 bits per heavy atom. The molecule has 184 valence electrons. The Balaban J connectivity index is 1.22. The molecule has 3 fully saturated rings. The van der Waals surface area contributed by atoms with Gasteiger partial charge in [0.2, 0.25) is 11.8 Å². The number of carbonyl (C=O) groups excluding carboxylic acids is 3. The van der Waals surface area contributed by atoms with Gasteiger partial charge in [-0.05, 0) is 19.1 Å². The highest BCUT2D eigenvalue weighted by molar-refractivity contribution is 7.22. The second kappa shape index (κ2) is 8.20. The maximum absolute atomic E-state index is 13.7. The van der Waals surface area contributed by atoms with Crippen LogP contribution in [0.4, 0.5) is 9.93 Å². The van der Waals surface area contributed by atoms with Gasteiger partial charge in [-0.2, -0.15) is 0 Å². The van der Waals surface area contributed by atoms with E-state index in [0.717, 1.165) is 10.2 Å². The first-order valence-corrected chi connectivity index (χ1v) is 12.6. The van der Waals surface area contributed by atoms with E-state index in [1.165, 1.54) is 11.3 Å². The summed E-state index contributed by atoms with van der Waals surface area (Å²) in [7, 11) is 1.60. The molecule has 4 aliphatic heterocycles. The number of amides is 3. The van der Waals surface area contributed by atoms with Gasteiger partial charge in [-0.3, -0.25) is 14.5 Å². The zero-order valence-corrected chi connectivity index (χ0v) is 20.3. The van der Waals surface area contributed by atoms with Gasteiger partial charge < -0.3 is 24.0 Å². The number of anilines is 1. The molecule has 35 heavy (non-hydrogen) atoms. The topological polar surface area (TPSA) is 102 Å². The van der Waals surface area contributed by atoms with E-state index in [0.29, 0.717) is 50.2 Å². The highest BCUT2D eigenvalue weighted by Crippen LogP contribution is 2.53. The quantitative estimate of drug-likeness (QED) is 0.594. The highest BCUT2D eigenvalue weighted by atomic mass is 32.1. The molecular weight excluding hydrogens is 472 g/mol. The molecule has 2 bridgehead atoms. The molecule has 11 heteroatoms. The molecule has 0 N–H and O–H groups in total. The van der Waals surface area contributed by atoms with Crippen LogP contribution in [0.1, 0.15) is 6.92 Å². The lowest BCUT2D eigenvalue weighted by molar-refractivity contribution is -0.141. The number of piperazine rings is 1. The van der Waals surface area contributed by atoms with Gasteiger partial charge in [-0.25, -0.2) is 9.78 Å². The third-order valence-electron chi connectivity index (χ3n) is 7.32. The van der Waals surface area contributed by atoms with Crippen LogP contribution in [-0.2, 0) is 19.1 Å². The number of nitrogens with zero attached hydrogens (tertiary/aromatic N) is 4. The minimum absolute atomic E-state index is 0.0982. The fourth-order valence-corrected chi connectivity index (χ4v) is 6.57. The van der Waals surface area contributed by atoms with E-state index in [1.54, 1.807) is 28.7 Å². The summed E-state index contributed by atoms with van der Waals surface area (Å²) in [6.07, 6.45) is 3.08. The molecule has 2 aromatic rings. The summed E-state index contributed by atoms with van der Waals surface area (Å²) in [5.74, 6) is -0.697. The zero-order chi connectivity index (χ0) is 24.3. The molecule has 3 amide bonds. The van der Waals surface area contributed by atoms with E-state index in [9.17, 15) is 14.4 Å². The lowest BCUT2D eigenvalue weighted by atomic mass is 9.76. The molecule has 0 saturated carbocycles. The van der Waals surface area contributed by atoms with Crippen molar-refractivity contribution in [3.05, 3.63) is 30.4 Å². The summed E-state index contributed by atoms with van der Waals surface area (Å²) in [6, 6.07) is 5.64. The third kappa shape index (κ3) is 3.40. The number of hydrogen-bond donors (Lipinski definition) is 0.